The molecule has 0 aromatic heterocycles. The Morgan fingerprint density at radius 2 is 1.72 bits per heavy atom. The van der Waals surface area contributed by atoms with E-state index in [9.17, 15) is 14.7 Å². The first kappa shape index (κ1) is 18.3. The van der Waals surface area contributed by atoms with Crippen molar-refractivity contribution in [3.8, 4) is 11.5 Å². The second-order valence-corrected chi connectivity index (χ2v) is 5.73. The minimum absolute atomic E-state index is 0.290. The molecule has 2 aromatic carbocycles. The van der Waals surface area contributed by atoms with Gasteiger partial charge in [-0.15, -0.1) is 0 Å². The Kier molecular flexibility index (Phi) is 6.00. The second-order valence-electron chi connectivity index (χ2n) is 5.73. The van der Waals surface area contributed by atoms with Crippen molar-refractivity contribution in [2.45, 2.75) is 19.9 Å². The fraction of sp³-hybridized carbons (Fsp3) is 0.263. The van der Waals surface area contributed by atoms with E-state index in [0.717, 1.165) is 11.1 Å². The lowest BCUT2D eigenvalue weighted by atomic mass is 10.0. The Morgan fingerprint density at radius 1 is 1.08 bits per heavy atom. The zero-order valence-corrected chi connectivity index (χ0v) is 14.4. The lowest BCUT2D eigenvalue weighted by Crippen LogP contribution is -2.36. The summed E-state index contributed by atoms with van der Waals surface area (Å²) >= 11 is 0. The largest absolute Gasteiger partial charge is 0.497 e. The molecule has 6 nitrogen and oxygen atoms in total. The van der Waals surface area contributed by atoms with Crippen LogP contribution in [0.4, 0.5) is 0 Å². The van der Waals surface area contributed by atoms with Crippen LogP contribution < -0.4 is 14.8 Å². The van der Waals surface area contributed by atoms with Crippen molar-refractivity contribution in [1.82, 2.24) is 5.32 Å². The number of benzene rings is 2. The Bertz CT molecular complexity index is 752. The predicted octanol–water partition coefficient (Wildman–Crippen LogP) is 2.63. The van der Waals surface area contributed by atoms with Crippen LogP contribution in [0.3, 0.4) is 0 Å². The monoisotopic (exact) mass is 343 g/mol. The number of hydrogen-bond donors (Lipinski definition) is 2. The molecule has 0 aliphatic carbocycles. The van der Waals surface area contributed by atoms with Crippen LogP contribution in [-0.2, 0) is 9.59 Å². The van der Waals surface area contributed by atoms with E-state index in [1.165, 1.54) is 7.11 Å². The molecule has 2 aromatic rings. The van der Waals surface area contributed by atoms with E-state index in [1.54, 1.807) is 36.4 Å². The van der Waals surface area contributed by atoms with Crippen molar-refractivity contribution in [3.05, 3.63) is 59.2 Å². The third-order valence-corrected chi connectivity index (χ3v) is 3.54. The summed E-state index contributed by atoms with van der Waals surface area (Å²) in [6.45, 7) is 3.47. The maximum Gasteiger partial charge on any atom is 0.330 e. The van der Waals surface area contributed by atoms with Gasteiger partial charge in [0.1, 0.15) is 11.5 Å². The van der Waals surface area contributed by atoms with Gasteiger partial charge in [0.05, 0.1) is 7.11 Å². The van der Waals surface area contributed by atoms with Gasteiger partial charge < -0.3 is 19.9 Å². The van der Waals surface area contributed by atoms with Crippen molar-refractivity contribution in [2.24, 2.45) is 0 Å². The fourth-order valence-corrected chi connectivity index (χ4v) is 2.51. The summed E-state index contributed by atoms with van der Waals surface area (Å²) in [5.74, 6) is -0.571. The number of nitrogens with one attached hydrogen (secondary N) is 1. The molecule has 0 saturated heterocycles. The molecule has 1 atom stereocenters. The van der Waals surface area contributed by atoms with Crippen LogP contribution in [0.2, 0.25) is 0 Å². The minimum atomic E-state index is -1.13. The van der Waals surface area contributed by atoms with Crippen molar-refractivity contribution < 1.29 is 24.2 Å². The molecule has 0 heterocycles. The summed E-state index contributed by atoms with van der Waals surface area (Å²) < 4.78 is 10.5. The quantitative estimate of drug-likeness (QED) is 0.807. The van der Waals surface area contributed by atoms with Crippen LogP contribution in [0.25, 0.3) is 0 Å². The summed E-state index contributed by atoms with van der Waals surface area (Å²) in [6, 6.07) is 11.1. The maximum absolute atomic E-state index is 12.1. The van der Waals surface area contributed by atoms with Gasteiger partial charge >= 0.3 is 5.97 Å². The number of carboxylic acids is 1. The molecule has 0 aliphatic rings. The number of carbonyl (C=O) groups is 2. The van der Waals surface area contributed by atoms with Gasteiger partial charge in [-0.1, -0.05) is 35.4 Å². The molecule has 0 fully saturated rings. The molecule has 1 amide bonds. The Labute approximate surface area is 146 Å². The minimum Gasteiger partial charge on any atom is -0.497 e. The Morgan fingerprint density at radius 3 is 2.32 bits per heavy atom. The van der Waals surface area contributed by atoms with E-state index in [2.05, 4.69) is 5.32 Å². The van der Waals surface area contributed by atoms with E-state index >= 15 is 0 Å². The van der Waals surface area contributed by atoms with Gasteiger partial charge in [-0.3, -0.25) is 4.79 Å². The van der Waals surface area contributed by atoms with Crippen LogP contribution >= 0.6 is 0 Å². The second kappa shape index (κ2) is 8.19. The van der Waals surface area contributed by atoms with Crippen LogP contribution in [0, 0.1) is 13.8 Å². The molecule has 0 radical (unpaired) electrons. The highest BCUT2D eigenvalue weighted by Gasteiger charge is 2.22. The number of methoxy groups -OCH3 is 1. The average Bonchev–Trinajstić information content (AvgIpc) is 2.56. The molecule has 2 N–H and O–H groups in total. The average molecular weight is 343 g/mol. The van der Waals surface area contributed by atoms with Gasteiger partial charge in [-0.25, -0.2) is 4.79 Å². The molecule has 0 bridgehead atoms. The van der Waals surface area contributed by atoms with Gasteiger partial charge in [-0.05, 0) is 31.5 Å². The van der Waals surface area contributed by atoms with E-state index in [4.69, 9.17) is 9.47 Å². The van der Waals surface area contributed by atoms with Crippen LogP contribution in [0.1, 0.15) is 22.7 Å². The zero-order valence-electron chi connectivity index (χ0n) is 14.4. The summed E-state index contributed by atoms with van der Waals surface area (Å²) in [6.07, 6.45) is 0. The molecular formula is C19H21NO5. The first-order valence-corrected chi connectivity index (χ1v) is 7.76. The number of carboxylic acid groups (broad SMARTS) is 1. The van der Waals surface area contributed by atoms with E-state index in [1.807, 2.05) is 19.9 Å². The van der Waals surface area contributed by atoms with Crippen molar-refractivity contribution in [2.75, 3.05) is 13.7 Å². The molecule has 0 saturated carbocycles. The van der Waals surface area contributed by atoms with E-state index in [-0.39, 0.29) is 6.61 Å². The van der Waals surface area contributed by atoms with Crippen LogP contribution in [0.5, 0.6) is 11.5 Å². The summed E-state index contributed by atoms with van der Waals surface area (Å²) in [5.41, 5.74) is 2.39. The Balaban J connectivity index is 2.04. The smallest absolute Gasteiger partial charge is 0.330 e. The molecule has 6 heteroatoms. The van der Waals surface area contributed by atoms with Crippen molar-refractivity contribution in [1.29, 1.82) is 0 Å². The number of aryl methyl sites for hydroxylation is 2. The van der Waals surface area contributed by atoms with Crippen molar-refractivity contribution >= 4 is 11.9 Å². The van der Waals surface area contributed by atoms with Gasteiger partial charge in [0.2, 0.25) is 0 Å². The van der Waals surface area contributed by atoms with Gasteiger partial charge in [0.15, 0.2) is 12.6 Å². The number of rotatable bonds is 7. The number of ether oxygens (including phenoxy) is 2. The van der Waals surface area contributed by atoms with E-state index < -0.39 is 17.9 Å². The fourth-order valence-electron chi connectivity index (χ4n) is 2.51. The molecule has 0 spiro atoms. The normalized spacial score (nSPS) is 11.5. The highest BCUT2D eigenvalue weighted by atomic mass is 16.5. The first-order valence-electron chi connectivity index (χ1n) is 7.76. The first-order chi connectivity index (χ1) is 11.9. The summed E-state index contributed by atoms with van der Waals surface area (Å²) in [5, 5.41) is 11.9. The van der Waals surface area contributed by atoms with Gasteiger partial charge in [0.25, 0.3) is 5.91 Å². The zero-order chi connectivity index (χ0) is 18.4. The Hall–Kier alpha value is -3.02. The number of amides is 1. The number of carbonyl (C=O) groups excluding carboxylic acids is 1. The molecule has 2 rings (SSSR count). The van der Waals surface area contributed by atoms with E-state index in [0.29, 0.717) is 17.1 Å². The summed E-state index contributed by atoms with van der Waals surface area (Å²) in [4.78, 5) is 23.6. The highest BCUT2D eigenvalue weighted by Crippen LogP contribution is 2.19. The molecule has 132 valence electrons. The molecule has 25 heavy (non-hydrogen) atoms. The third kappa shape index (κ3) is 5.24. The van der Waals surface area contributed by atoms with Gasteiger partial charge in [-0.2, -0.15) is 0 Å². The number of hydrogen-bond acceptors (Lipinski definition) is 4. The maximum atomic E-state index is 12.1. The standard InChI is InChI=1S/C19H21NO5/c1-12-7-13(2)9-14(8-12)18(19(22)23)20-17(21)11-25-16-6-4-5-15(10-16)24-3/h4-10,18H,11H2,1-3H3,(H,20,21)(H,22,23). The highest BCUT2D eigenvalue weighted by molar-refractivity contribution is 5.85. The van der Waals surface area contributed by atoms with Gasteiger partial charge in [0, 0.05) is 6.07 Å². The SMILES string of the molecule is COc1cccc(OCC(=O)NC(C(=O)O)c2cc(C)cc(C)c2)c1. The predicted molar refractivity (Wildman–Crippen MR) is 92.9 cm³/mol. The molecule has 1 unspecified atom stereocenters. The van der Waals surface area contributed by atoms with Crippen molar-refractivity contribution in [3.63, 3.8) is 0 Å². The topological polar surface area (TPSA) is 84.9 Å². The van der Waals surface area contributed by atoms with Crippen LogP contribution in [-0.4, -0.2) is 30.7 Å². The number of aliphatic carboxylic acids is 1. The summed E-state index contributed by atoms with van der Waals surface area (Å²) in [7, 11) is 1.53. The van der Waals surface area contributed by atoms with Crippen LogP contribution in [0.15, 0.2) is 42.5 Å². The molecule has 0 aliphatic heterocycles. The lowest BCUT2D eigenvalue weighted by molar-refractivity contribution is -0.142. The molecular weight excluding hydrogens is 322 g/mol. The lowest BCUT2D eigenvalue weighted by Gasteiger charge is -2.16. The third-order valence-electron chi connectivity index (χ3n) is 3.54.